The zero-order chi connectivity index (χ0) is 16.1. The van der Waals surface area contributed by atoms with E-state index in [9.17, 15) is 5.11 Å². The number of hydrogen-bond donors (Lipinski definition) is 1. The Morgan fingerprint density at radius 1 is 1.04 bits per heavy atom. The summed E-state index contributed by atoms with van der Waals surface area (Å²) in [6.45, 7) is 2.55. The van der Waals surface area contributed by atoms with Gasteiger partial charge >= 0.3 is 0 Å². The maximum absolute atomic E-state index is 10.7. The average Bonchev–Trinajstić information content (AvgIpc) is 3.08. The summed E-state index contributed by atoms with van der Waals surface area (Å²) in [5, 5.41) is 10.7. The van der Waals surface area contributed by atoms with Crippen LogP contribution in [0.2, 0.25) is 0 Å². The highest BCUT2D eigenvalue weighted by Crippen LogP contribution is 2.28. The first-order chi connectivity index (χ1) is 11.1. The number of aliphatic hydroxyl groups is 1. The third-order valence-electron chi connectivity index (χ3n) is 3.87. The maximum Gasteiger partial charge on any atom is 0.127 e. The first-order valence-electron chi connectivity index (χ1n) is 7.65. The molecule has 2 aromatic carbocycles. The lowest BCUT2D eigenvalue weighted by atomic mass is 9.92. The van der Waals surface area contributed by atoms with Crippen LogP contribution in [0.25, 0.3) is 0 Å². The van der Waals surface area contributed by atoms with Crippen LogP contribution in [0, 0.1) is 0 Å². The van der Waals surface area contributed by atoms with Crippen LogP contribution in [-0.2, 0) is 12.1 Å². The minimum Gasteiger partial charge on any atom is -0.457 e. The monoisotopic (exact) mass is 308 g/mol. The number of rotatable bonds is 6. The number of aromatic nitrogens is 2. The van der Waals surface area contributed by atoms with Crippen LogP contribution in [0.5, 0.6) is 11.5 Å². The summed E-state index contributed by atoms with van der Waals surface area (Å²) in [7, 11) is 0. The average molecular weight is 308 g/mol. The van der Waals surface area contributed by atoms with Crippen molar-refractivity contribution in [2.24, 2.45) is 0 Å². The van der Waals surface area contributed by atoms with E-state index in [0.29, 0.717) is 6.42 Å². The van der Waals surface area contributed by atoms with Crippen LogP contribution < -0.4 is 4.74 Å². The van der Waals surface area contributed by atoms with Crippen molar-refractivity contribution in [2.45, 2.75) is 25.5 Å². The van der Waals surface area contributed by atoms with E-state index in [1.165, 1.54) is 0 Å². The highest BCUT2D eigenvalue weighted by Gasteiger charge is 2.22. The highest BCUT2D eigenvalue weighted by atomic mass is 16.5. The molecular weight excluding hydrogens is 288 g/mol. The van der Waals surface area contributed by atoms with Crippen LogP contribution in [0.15, 0.2) is 73.3 Å². The molecule has 23 heavy (non-hydrogen) atoms. The van der Waals surface area contributed by atoms with Gasteiger partial charge < -0.3 is 14.4 Å². The van der Waals surface area contributed by atoms with Crippen molar-refractivity contribution in [1.82, 2.24) is 9.55 Å². The Kier molecular flexibility index (Phi) is 4.44. The van der Waals surface area contributed by atoms with Gasteiger partial charge in [0.15, 0.2) is 0 Å². The molecule has 0 aliphatic carbocycles. The number of para-hydroxylation sites is 1. The van der Waals surface area contributed by atoms with Gasteiger partial charge in [-0.05, 0) is 43.2 Å². The molecule has 1 N–H and O–H groups in total. The van der Waals surface area contributed by atoms with Gasteiger partial charge in [0.1, 0.15) is 11.5 Å². The molecule has 1 atom stereocenters. The van der Waals surface area contributed by atoms with Crippen LogP contribution in [0.1, 0.15) is 18.9 Å². The molecule has 1 unspecified atom stereocenters. The Morgan fingerprint density at radius 2 is 1.74 bits per heavy atom. The number of ether oxygens (including phenoxy) is 1. The molecule has 0 radical (unpaired) electrons. The summed E-state index contributed by atoms with van der Waals surface area (Å²) in [6, 6.07) is 17.2. The van der Waals surface area contributed by atoms with Crippen molar-refractivity contribution in [3.05, 3.63) is 78.9 Å². The summed E-state index contributed by atoms with van der Waals surface area (Å²) in [6.07, 6.45) is 6.01. The molecule has 0 aliphatic heterocycles. The van der Waals surface area contributed by atoms with Crippen molar-refractivity contribution >= 4 is 0 Å². The predicted molar refractivity (Wildman–Crippen MR) is 89.4 cm³/mol. The molecular formula is C19H20N2O2. The number of nitrogens with zero attached hydrogens (tertiary/aromatic N) is 2. The van der Waals surface area contributed by atoms with Gasteiger partial charge in [0, 0.05) is 18.9 Å². The summed E-state index contributed by atoms with van der Waals surface area (Å²) in [5.74, 6) is 1.55. The summed E-state index contributed by atoms with van der Waals surface area (Å²) in [5.41, 5.74) is -0.0201. The Bertz CT molecular complexity index is 720. The molecule has 118 valence electrons. The zero-order valence-electron chi connectivity index (χ0n) is 13.1. The highest BCUT2D eigenvalue weighted by molar-refractivity contribution is 5.34. The first-order valence-corrected chi connectivity index (χ1v) is 7.65. The molecule has 4 nitrogen and oxygen atoms in total. The third-order valence-corrected chi connectivity index (χ3v) is 3.87. The first kappa shape index (κ1) is 15.3. The van der Waals surface area contributed by atoms with Crippen molar-refractivity contribution in [2.75, 3.05) is 0 Å². The van der Waals surface area contributed by atoms with Crippen molar-refractivity contribution < 1.29 is 9.84 Å². The van der Waals surface area contributed by atoms with Crippen molar-refractivity contribution in [3.8, 4) is 11.5 Å². The number of aryl methyl sites for hydroxylation is 1. The SMILES string of the molecule is CC(O)(CCn1ccnc1)c1ccc(Oc2ccccc2)cc1. The normalized spacial score (nSPS) is 13.5. The maximum atomic E-state index is 10.7. The van der Waals surface area contributed by atoms with E-state index in [-0.39, 0.29) is 0 Å². The zero-order valence-corrected chi connectivity index (χ0v) is 13.1. The lowest BCUT2D eigenvalue weighted by Gasteiger charge is -2.24. The van der Waals surface area contributed by atoms with Crippen molar-refractivity contribution in [1.29, 1.82) is 0 Å². The van der Waals surface area contributed by atoms with Gasteiger partial charge in [0.05, 0.1) is 11.9 Å². The molecule has 0 bridgehead atoms. The van der Waals surface area contributed by atoms with Gasteiger partial charge in [0.25, 0.3) is 0 Å². The Labute approximate surface area is 136 Å². The molecule has 0 saturated carbocycles. The molecule has 3 rings (SSSR count). The molecule has 1 heterocycles. The topological polar surface area (TPSA) is 47.3 Å². The van der Waals surface area contributed by atoms with Crippen LogP contribution in [-0.4, -0.2) is 14.7 Å². The van der Waals surface area contributed by atoms with E-state index in [0.717, 1.165) is 23.6 Å². The molecule has 0 fully saturated rings. The van der Waals surface area contributed by atoms with Crippen LogP contribution in [0.4, 0.5) is 0 Å². The van der Waals surface area contributed by atoms with Gasteiger partial charge in [-0.15, -0.1) is 0 Å². The lowest BCUT2D eigenvalue weighted by Crippen LogP contribution is -2.23. The van der Waals surface area contributed by atoms with E-state index in [2.05, 4.69) is 4.98 Å². The lowest BCUT2D eigenvalue weighted by molar-refractivity contribution is 0.0430. The summed E-state index contributed by atoms with van der Waals surface area (Å²) >= 11 is 0. The van der Waals surface area contributed by atoms with Crippen molar-refractivity contribution in [3.63, 3.8) is 0 Å². The summed E-state index contributed by atoms with van der Waals surface area (Å²) < 4.78 is 7.73. The summed E-state index contributed by atoms with van der Waals surface area (Å²) in [4.78, 5) is 4.01. The molecule has 0 spiro atoms. The number of hydrogen-bond acceptors (Lipinski definition) is 3. The van der Waals surface area contributed by atoms with Gasteiger partial charge in [-0.3, -0.25) is 0 Å². The minimum absolute atomic E-state index is 0.613. The fourth-order valence-electron chi connectivity index (χ4n) is 2.42. The predicted octanol–water partition coefficient (Wildman–Crippen LogP) is 3.97. The Morgan fingerprint density at radius 3 is 2.39 bits per heavy atom. The van der Waals surface area contributed by atoms with Gasteiger partial charge in [-0.2, -0.15) is 0 Å². The molecule has 3 aromatic rings. The second kappa shape index (κ2) is 6.67. The number of benzene rings is 2. The molecule has 0 saturated heterocycles. The molecule has 1 aromatic heterocycles. The second-order valence-corrected chi connectivity index (χ2v) is 5.76. The Hall–Kier alpha value is -2.59. The standard InChI is InChI=1S/C19H20N2O2/c1-19(22,11-13-21-14-12-20-15-21)16-7-9-18(10-8-16)23-17-5-3-2-4-6-17/h2-10,12,14-15,22H,11,13H2,1H3. The Balaban J connectivity index is 1.65. The molecule has 0 amide bonds. The fourth-order valence-corrected chi connectivity index (χ4v) is 2.42. The minimum atomic E-state index is -0.893. The van der Waals surface area contributed by atoms with Gasteiger partial charge in [0.2, 0.25) is 0 Å². The fraction of sp³-hybridized carbons (Fsp3) is 0.211. The van der Waals surface area contributed by atoms with Gasteiger partial charge in [-0.25, -0.2) is 4.98 Å². The van der Waals surface area contributed by atoms with E-state index >= 15 is 0 Å². The quantitative estimate of drug-likeness (QED) is 0.749. The van der Waals surface area contributed by atoms with E-state index in [4.69, 9.17) is 4.74 Å². The van der Waals surface area contributed by atoms with E-state index < -0.39 is 5.60 Å². The number of imidazole rings is 1. The molecule has 4 heteroatoms. The van der Waals surface area contributed by atoms with E-state index in [1.54, 1.807) is 12.5 Å². The van der Waals surface area contributed by atoms with E-state index in [1.807, 2.05) is 72.3 Å². The van der Waals surface area contributed by atoms with Gasteiger partial charge in [-0.1, -0.05) is 30.3 Å². The second-order valence-electron chi connectivity index (χ2n) is 5.76. The third kappa shape index (κ3) is 3.99. The smallest absolute Gasteiger partial charge is 0.127 e. The van der Waals surface area contributed by atoms with Crippen LogP contribution in [0.3, 0.4) is 0 Å². The van der Waals surface area contributed by atoms with Crippen LogP contribution >= 0.6 is 0 Å². The largest absolute Gasteiger partial charge is 0.457 e. The molecule has 0 aliphatic rings.